The number of hydrogen-bond donors (Lipinski definition) is 0. The molecule has 0 unspecified atom stereocenters. The Morgan fingerprint density at radius 3 is 2.23 bits per heavy atom. The molecule has 170 valence electrons. The van der Waals surface area contributed by atoms with E-state index in [-0.39, 0.29) is 5.97 Å². The van der Waals surface area contributed by atoms with Gasteiger partial charge in [-0.15, -0.1) is 0 Å². The summed E-state index contributed by atoms with van der Waals surface area (Å²) in [7, 11) is 0. The number of esters is 1. The predicted molar refractivity (Wildman–Crippen MR) is 125 cm³/mol. The molecule has 0 aliphatic heterocycles. The van der Waals surface area contributed by atoms with Gasteiger partial charge >= 0.3 is 5.97 Å². The van der Waals surface area contributed by atoms with Crippen molar-refractivity contribution in [1.82, 2.24) is 9.97 Å². The highest BCUT2D eigenvalue weighted by Gasteiger charge is 2.17. The summed E-state index contributed by atoms with van der Waals surface area (Å²) in [6.07, 6.45) is 12.9. The van der Waals surface area contributed by atoms with Crippen LogP contribution in [0.25, 0.3) is 11.4 Å². The van der Waals surface area contributed by atoms with Crippen molar-refractivity contribution in [2.75, 3.05) is 6.61 Å². The van der Waals surface area contributed by atoms with Crippen LogP contribution >= 0.6 is 0 Å². The van der Waals surface area contributed by atoms with Crippen molar-refractivity contribution in [3.8, 4) is 17.1 Å². The number of aromatic nitrogens is 2. The maximum atomic E-state index is 12.1. The molecule has 1 aromatic heterocycles. The van der Waals surface area contributed by atoms with Gasteiger partial charge in [0.05, 0.1) is 6.61 Å². The summed E-state index contributed by atoms with van der Waals surface area (Å²) >= 11 is 0. The molecular formula is C26H38N2O3. The minimum Gasteiger partial charge on any atom is -0.479 e. The molecule has 0 saturated heterocycles. The van der Waals surface area contributed by atoms with E-state index in [0.717, 1.165) is 18.4 Å². The van der Waals surface area contributed by atoms with Crippen molar-refractivity contribution < 1.29 is 14.3 Å². The van der Waals surface area contributed by atoms with E-state index >= 15 is 0 Å². The summed E-state index contributed by atoms with van der Waals surface area (Å²) in [5.41, 5.74) is 2.11. The number of rotatable bonds is 14. The number of carbonyl (C=O) groups is 1. The zero-order chi connectivity index (χ0) is 22.5. The number of ether oxygens (including phenoxy) is 2. The fourth-order valence-corrected chi connectivity index (χ4v) is 3.14. The SMILES string of the molecule is CCCCCCCCc1cnc(-c2ccc(O[C@H](C)C(=O)OC[C@@H](C)CC)cc2)nc1. The van der Waals surface area contributed by atoms with E-state index < -0.39 is 6.10 Å². The molecule has 0 bridgehead atoms. The molecule has 5 nitrogen and oxygen atoms in total. The lowest BCUT2D eigenvalue weighted by molar-refractivity contribution is -0.152. The Kier molecular flexibility index (Phi) is 11.0. The van der Waals surface area contributed by atoms with Crippen molar-refractivity contribution in [3.05, 3.63) is 42.2 Å². The lowest BCUT2D eigenvalue weighted by Gasteiger charge is -2.16. The normalized spacial score (nSPS) is 12.9. The van der Waals surface area contributed by atoms with E-state index in [9.17, 15) is 4.79 Å². The van der Waals surface area contributed by atoms with E-state index in [1.165, 1.54) is 44.1 Å². The Bertz CT molecular complexity index is 759. The van der Waals surface area contributed by atoms with E-state index in [0.29, 0.717) is 24.1 Å². The molecule has 2 rings (SSSR count). The molecule has 0 N–H and O–H groups in total. The molecule has 0 radical (unpaired) electrons. The van der Waals surface area contributed by atoms with Crippen LogP contribution in [0.5, 0.6) is 5.75 Å². The van der Waals surface area contributed by atoms with Crippen LogP contribution in [0.2, 0.25) is 0 Å². The standard InChI is InChI=1S/C26H38N2O3/c1-5-7-8-9-10-11-12-22-17-27-25(28-18-22)23-13-15-24(16-14-23)31-21(4)26(29)30-19-20(3)6-2/h13-18,20-21H,5-12,19H2,1-4H3/t20-,21+/m0/s1. The Morgan fingerprint density at radius 2 is 1.58 bits per heavy atom. The van der Waals surface area contributed by atoms with Crippen LogP contribution in [-0.2, 0) is 16.0 Å². The molecule has 0 aliphatic rings. The third-order valence-electron chi connectivity index (χ3n) is 5.49. The number of carbonyl (C=O) groups excluding carboxylic acids is 1. The maximum absolute atomic E-state index is 12.1. The van der Waals surface area contributed by atoms with Crippen molar-refractivity contribution in [2.24, 2.45) is 5.92 Å². The molecular weight excluding hydrogens is 388 g/mol. The molecule has 0 saturated carbocycles. The zero-order valence-corrected chi connectivity index (χ0v) is 19.6. The molecule has 0 spiro atoms. The van der Waals surface area contributed by atoms with Gasteiger partial charge in [-0.2, -0.15) is 0 Å². The molecule has 2 aromatic rings. The molecule has 2 atom stereocenters. The van der Waals surface area contributed by atoms with Crippen LogP contribution < -0.4 is 4.74 Å². The van der Waals surface area contributed by atoms with E-state index in [2.05, 4.69) is 30.7 Å². The number of hydrogen-bond acceptors (Lipinski definition) is 5. The monoisotopic (exact) mass is 426 g/mol. The third-order valence-corrected chi connectivity index (χ3v) is 5.49. The fraction of sp³-hybridized carbons (Fsp3) is 0.577. The first kappa shape index (κ1) is 24.8. The first-order valence-corrected chi connectivity index (χ1v) is 11.8. The Balaban J connectivity index is 1.81. The molecule has 5 heteroatoms. The van der Waals surface area contributed by atoms with Crippen molar-refractivity contribution in [3.63, 3.8) is 0 Å². The molecule has 0 fully saturated rings. The second-order valence-corrected chi connectivity index (χ2v) is 8.36. The van der Waals surface area contributed by atoms with Gasteiger partial charge in [-0.25, -0.2) is 14.8 Å². The number of unbranched alkanes of at least 4 members (excludes halogenated alkanes) is 5. The van der Waals surface area contributed by atoms with Crippen LogP contribution in [0.4, 0.5) is 0 Å². The molecule has 31 heavy (non-hydrogen) atoms. The van der Waals surface area contributed by atoms with Crippen molar-refractivity contribution >= 4 is 5.97 Å². The van der Waals surface area contributed by atoms with E-state index in [4.69, 9.17) is 9.47 Å². The second-order valence-electron chi connectivity index (χ2n) is 8.36. The molecule has 0 aliphatic carbocycles. The highest BCUT2D eigenvalue weighted by molar-refractivity contribution is 5.74. The highest BCUT2D eigenvalue weighted by Crippen LogP contribution is 2.21. The van der Waals surface area contributed by atoms with Crippen LogP contribution in [0.1, 0.15) is 78.2 Å². The second kappa shape index (κ2) is 13.8. The smallest absolute Gasteiger partial charge is 0.347 e. The number of benzene rings is 1. The molecule has 1 aromatic carbocycles. The quantitative estimate of drug-likeness (QED) is 0.258. The summed E-state index contributed by atoms with van der Waals surface area (Å²) in [5, 5.41) is 0. The van der Waals surface area contributed by atoms with Gasteiger partial charge in [0.25, 0.3) is 0 Å². The van der Waals surface area contributed by atoms with Gasteiger partial charge in [-0.3, -0.25) is 0 Å². The van der Waals surface area contributed by atoms with Crippen LogP contribution in [0.3, 0.4) is 0 Å². The zero-order valence-electron chi connectivity index (χ0n) is 19.6. The Morgan fingerprint density at radius 1 is 0.935 bits per heavy atom. The summed E-state index contributed by atoms with van der Waals surface area (Å²) in [6.45, 7) is 8.51. The topological polar surface area (TPSA) is 61.3 Å². The van der Waals surface area contributed by atoms with Crippen LogP contribution in [-0.4, -0.2) is 28.6 Å². The van der Waals surface area contributed by atoms with Gasteiger partial charge in [0, 0.05) is 18.0 Å². The Hall–Kier alpha value is -2.43. The molecule has 1 heterocycles. The third kappa shape index (κ3) is 9.07. The van der Waals surface area contributed by atoms with Crippen molar-refractivity contribution in [2.45, 2.75) is 85.2 Å². The van der Waals surface area contributed by atoms with Gasteiger partial charge in [0.1, 0.15) is 5.75 Å². The summed E-state index contributed by atoms with van der Waals surface area (Å²) < 4.78 is 11.0. The van der Waals surface area contributed by atoms with Gasteiger partial charge in [0.2, 0.25) is 0 Å². The number of aryl methyl sites for hydroxylation is 1. The molecule has 0 amide bonds. The van der Waals surface area contributed by atoms with E-state index in [1.54, 1.807) is 6.92 Å². The first-order valence-electron chi connectivity index (χ1n) is 11.8. The largest absolute Gasteiger partial charge is 0.479 e. The van der Waals surface area contributed by atoms with Gasteiger partial charge in [-0.05, 0) is 55.5 Å². The average molecular weight is 427 g/mol. The fourth-order valence-electron chi connectivity index (χ4n) is 3.14. The van der Waals surface area contributed by atoms with Crippen LogP contribution in [0, 0.1) is 5.92 Å². The summed E-state index contributed by atoms with van der Waals surface area (Å²) in [4.78, 5) is 21.1. The summed E-state index contributed by atoms with van der Waals surface area (Å²) in [5.74, 6) is 1.33. The minimum atomic E-state index is -0.646. The Labute approximate surface area is 187 Å². The lowest BCUT2D eigenvalue weighted by atomic mass is 10.1. The minimum absolute atomic E-state index is 0.339. The maximum Gasteiger partial charge on any atom is 0.347 e. The predicted octanol–water partition coefficient (Wildman–Crippen LogP) is 6.40. The highest BCUT2D eigenvalue weighted by atomic mass is 16.6. The lowest BCUT2D eigenvalue weighted by Crippen LogP contribution is -2.27. The van der Waals surface area contributed by atoms with Crippen LogP contribution in [0.15, 0.2) is 36.7 Å². The summed E-state index contributed by atoms with van der Waals surface area (Å²) in [6, 6.07) is 7.49. The van der Waals surface area contributed by atoms with Gasteiger partial charge < -0.3 is 9.47 Å². The first-order chi connectivity index (χ1) is 15.0. The average Bonchev–Trinajstić information content (AvgIpc) is 2.80. The van der Waals surface area contributed by atoms with Gasteiger partial charge in [0.15, 0.2) is 11.9 Å². The van der Waals surface area contributed by atoms with Gasteiger partial charge in [-0.1, -0.05) is 59.3 Å². The van der Waals surface area contributed by atoms with Crippen molar-refractivity contribution in [1.29, 1.82) is 0 Å². The van der Waals surface area contributed by atoms with E-state index in [1.807, 2.05) is 36.7 Å². The number of nitrogens with zero attached hydrogens (tertiary/aromatic N) is 2.